The Bertz CT molecular complexity index is 500. The molecule has 0 radical (unpaired) electrons. The maximum atomic E-state index is 11.8. The van der Waals surface area contributed by atoms with Crippen LogP contribution in [-0.2, 0) is 4.74 Å². The molecule has 1 aromatic rings. The smallest absolute Gasteiger partial charge is 0.444 e. The van der Waals surface area contributed by atoms with Gasteiger partial charge in [-0.2, -0.15) is 0 Å². The van der Waals surface area contributed by atoms with Crippen LogP contribution < -0.4 is 10.8 Å². The first kappa shape index (κ1) is 17.2. The monoisotopic (exact) mass is 292 g/mol. The van der Waals surface area contributed by atoms with Crippen LogP contribution in [0, 0.1) is 0 Å². The van der Waals surface area contributed by atoms with Crippen molar-refractivity contribution in [2.45, 2.75) is 38.8 Å². The van der Waals surface area contributed by atoms with Crippen LogP contribution in [0.4, 0.5) is 4.79 Å². The first-order chi connectivity index (χ1) is 9.73. The normalized spacial score (nSPS) is 12.4. The predicted octanol–water partition coefficient (Wildman–Crippen LogP) is 0.903. The van der Waals surface area contributed by atoms with Gasteiger partial charge in [0.15, 0.2) is 0 Å². The zero-order chi connectivity index (χ0) is 16.0. The molecule has 6 nitrogen and oxygen atoms in total. The van der Waals surface area contributed by atoms with Crippen molar-refractivity contribution in [2.24, 2.45) is 0 Å². The molecule has 0 aromatic carbocycles. The van der Waals surface area contributed by atoms with Gasteiger partial charge in [0.1, 0.15) is 5.60 Å². The van der Waals surface area contributed by atoms with E-state index < -0.39 is 24.9 Å². The third kappa shape index (κ3) is 5.97. The number of alkyl carbamates (subject to hydrolysis) is 1. The standard InChI is InChI=1S/C14H21BN2O4/c1-5-6-11(17-13(18)21-14(2,3)4)12-9-10(15(19)20)7-8-16-12/h5,7-9,11,19-20H,1,6H2,2-4H3,(H,17,18)/t11-/m0/s1. The first-order valence-corrected chi connectivity index (χ1v) is 6.65. The molecule has 0 aliphatic carbocycles. The van der Waals surface area contributed by atoms with E-state index in [1.165, 1.54) is 18.3 Å². The molecule has 21 heavy (non-hydrogen) atoms. The maximum absolute atomic E-state index is 11.8. The second-order valence-corrected chi connectivity index (χ2v) is 5.61. The number of amides is 1. The van der Waals surface area contributed by atoms with E-state index in [1.54, 1.807) is 26.8 Å². The van der Waals surface area contributed by atoms with Gasteiger partial charge in [0.05, 0.1) is 11.7 Å². The Hall–Kier alpha value is -1.86. The Morgan fingerprint density at radius 2 is 2.24 bits per heavy atom. The molecule has 114 valence electrons. The average Bonchev–Trinajstić information content (AvgIpc) is 2.36. The van der Waals surface area contributed by atoms with Crippen molar-refractivity contribution in [2.75, 3.05) is 0 Å². The number of aromatic nitrogens is 1. The third-order valence-electron chi connectivity index (χ3n) is 2.55. The van der Waals surface area contributed by atoms with Crippen LogP contribution in [0.3, 0.4) is 0 Å². The molecule has 1 amide bonds. The predicted molar refractivity (Wildman–Crippen MR) is 81.0 cm³/mol. The minimum Gasteiger partial charge on any atom is -0.444 e. The summed E-state index contributed by atoms with van der Waals surface area (Å²) in [6.45, 7) is 8.97. The van der Waals surface area contributed by atoms with Crippen LogP contribution in [0.25, 0.3) is 0 Å². The van der Waals surface area contributed by atoms with Crippen molar-refractivity contribution in [3.8, 4) is 0 Å². The Labute approximate surface area is 125 Å². The van der Waals surface area contributed by atoms with Crippen LogP contribution in [0.2, 0.25) is 0 Å². The summed E-state index contributed by atoms with van der Waals surface area (Å²) in [5.41, 5.74) is 0.214. The number of nitrogens with zero attached hydrogens (tertiary/aromatic N) is 1. The largest absolute Gasteiger partial charge is 0.488 e. The fourth-order valence-corrected chi connectivity index (χ4v) is 1.69. The number of pyridine rings is 1. The highest BCUT2D eigenvalue weighted by atomic mass is 16.6. The van der Waals surface area contributed by atoms with E-state index in [0.717, 1.165) is 0 Å². The number of nitrogens with one attached hydrogen (secondary N) is 1. The van der Waals surface area contributed by atoms with E-state index in [2.05, 4.69) is 16.9 Å². The van der Waals surface area contributed by atoms with Gasteiger partial charge in [0, 0.05) is 6.20 Å². The lowest BCUT2D eigenvalue weighted by Crippen LogP contribution is -2.36. The van der Waals surface area contributed by atoms with E-state index in [0.29, 0.717) is 17.6 Å². The topological polar surface area (TPSA) is 91.7 Å². The Morgan fingerprint density at radius 1 is 1.57 bits per heavy atom. The summed E-state index contributed by atoms with van der Waals surface area (Å²) in [5, 5.41) is 21.1. The van der Waals surface area contributed by atoms with Crippen LogP contribution in [0.5, 0.6) is 0 Å². The number of carbonyl (C=O) groups excluding carboxylic acids is 1. The minimum atomic E-state index is -1.59. The molecular formula is C14H21BN2O4. The molecule has 0 saturated heterocycles. The lowest BCUT2D eigenvalue weighted by atomic mass is 9.80. The van der Waals surface area contributed by atoms with E-state index >= 15 is 0 Å². The van der Waals surface area contributed by atoms with Crippen LogP contribution in [0.15, 0.2) is 31.0 Å². The fourth-order valence-electron chi connectivity index (χ4n) is 1.69. The number of hydrogen-bond donors (Lipinski definition) is 3. The second-order valence-electron chi connectivity index (χ2n) is 5.61. The molecule has 1 aromatic heterocycles. The third-order valence-corrected chi connectivity index (χ3v) is 2.55. The highest BCUT2D eigenvalue weighted by molar-refractivity contribution is 6.58. The van der Waals surface area contributed by atoms with Crippen molar-refractivity contribution in [1.82, 2.24) is 10.3 Å². The lowest BCUT2D eigenvalue weighted by Gasteiger charge is -2.23. The van der Waals surface area contributed by atoms with Crippen LogP contribution in [0.1, 0.15) is 38.9 Å². The molecule has 0 saturated carbocycles. The first-order valence-electron chi connectivity index (χ1n) is 6.65. The van der Waals surface area contributed by atoms with Gasteiger partial charge in [0.2, 0.25) is 0 Å². The Kier molecular flexibility index (Phi) is 5.93. The number of carbonyl (C=O) groups is 1. The molecule has 0 bridgehead atoms. The van der Waals surface area contributed by atoms with Gasteiger partial charge < -0.3 is 20.1 Å². The van der Waals surface area contributed by atoms with Gasteiger partial charge in [-0.05, 0) is 44.8 Å². The molecule has 0 spiro atoms. The lowest BCUT2D eigenvalue weighted by molar-refractivity contribution is 0.0503. The number of rotatable bonds is 5. The molecule has 3 N–H and O–H groups in total. The molecule has 1 heterocycles. The van der Waals surface area contributed by atoms with Crippen molar-refractivity contribution in [1.29, 1.82) is 0 Å². The van der Waals surface area contributed by atoms with Gasteiger partial charge in [-0.25, -0.2) is 4.79 Å². The molecule has 0 fully saturated rings. The van der Waals surface area contributed by atoms with Crippen LogP contribution in [-0.4, -0.2) is 33.8 Å². The molecule has 0 aliphatic heterocycles. The minimum absolute atomic E-state index is 0.306. The van der Waals surface area contributed by atoms with E-state index in [1.807, 2.05) is 0 Å². The van der Waals surface area contributed by atoms with Gasteiger partial charge in [0.25, 0.3) is 0 Å². The SMILES string of the molecule is C=CC[C@H](NC(=O)OC(C)(C)C)c1cc(B(O)O)ccn1. The summed E-state index contributed by atoms with van der Waals surface area (Å²) in [5.74, 6) is 0. The second kappa shape index (κ2) is 7.24. The zero-order valence-electron chi connectivity index (χ0n) is 12.5. The van der Waals surface area contributed by atoms with E-state index in [4.69, 9.17) is 4.74 Å². The van der Waals surface area contributed by atoms with Crippen molar-refractivity contribution in [3.63, 3.8) is 0 Å². The van der Waals surface area contributed by atoms with Crippen molar-refractivity contribution >= 4 is 18.7 Å². The number of ether oxygens (including phenoxy) is 1. The summed E-state index contributed by atoms with van der Waals surface area (Å²) < 4.78 is 5.20. The molecule has 7 heteroatoms. The highest BCUT2D eigenvalue weighted by Gasteiger charge is 2.21. The van der Waals surface area contributed by atoms with Gasteiger partial charge in [-0.1, -0.05) is 6.08 Å². The molecular weight excluding hydrogens is 271 g/mol. The molecule has 0 aliphatic rings. The van der Waals surface area contributed by atoms with Gasteiger partial charge >= 0.3 is 13.2 Å². The summed E-state index contributed by atoms with van der Waals surface area (Å²) in [6, 6.07) is 2.57. The van der Waals surface area contributed by atoms with Crippen molar-refractivity contribution in [3.05, 3.63) is 36.7 Å². The quantitative estimate of drug-likeness (QED) is 0.554. The summed E-state index contributed by atoms with van der Waals surface area (Å²) in [7, 11) is -1.59. The number of hydrogen-bond acceptors (Lipinski definition) is 5. The average molecular weight is 292 g/mol. The highest BCUT2D eigenvalue weighted by Crippen LogP contribution is 2.15. The summed E-state index contributed by atoms with van der Waals surface area (Å²) in [4.78, 5) is 16.0. The molecule has 1 atom stereocenters. The fraction of sp³-hybridized carbons (Fsp3) is 0.429. The summed E-state index contributed by atoms with van der Waals surface area (Å²) in [6.07, 6.45) is 2.98. The van der Waals surface area contributed by atoms with Crippen molar-refractivity contribution < 1.29 is 19.6 Å². The zero-order valence-corrected chi connectivity index (χ0v) is 12.5. The van der Waals surface area contributed by atoms with Crippen LogP contribution >= 0.6 is 0 Å². The molecule has 0 unspecified atom stereocenters. The Morgan fingerprint density at radius 3 is 2.76 bits per heavy atom. The Balaban J connectivity index is 2.88. The van der Waals surface area contributed by atoms with E-state index in [9.17, 15) is 14.8 Å². The summed E-state index contributed by atoms with van der Waals surface area (Å²) >= 11 is 0. The molecule has 1 rings (SSSR count). The van der Waals surface area contributed by atoms with Gasteiger partial charge in [-0.15, -0.1) is 6.58 Å². The van der Waals surface area contributed by atoms with E-state index in [-0.39, 0.29) is 0 Å². The van der Waals surface area contributed by atoms with Gasteiger partial charge in [-0.3, -0.25) is 4.98 Å². The maximum Gasteiger partial charge on any atom is 0.488 e.